The summed E-state index contributed by atoms with van der Waals surface area (Å²) in [6.07, 6.45) is -0.314. The lowest BCUT2D eigenvalue weighted by atomic mass is 9.93. The van der Waals surface area contributed by atoms with Crippen molar-refractivity contribution in [1.82, 2.24) is 4.98 Å². The number of nitrogens with zero attached hydrogens (tertiary/aromatic N) is 2. The molecule has 1 aromatic carbocycles. The van der Waals surface area contributed by atoms with Gasteiger partial charge in [-0.3, -0.25) is 4.90 Å². The van der Waals surface area contributed by atoms with Crippen LogP contribution in [0, 0.1) is 5.41 Å². The Morgan fingerprint density at radius 1 is 1.33 bits per heavy atom. The molecule has 0 spiro atoms. The van der Waals surface area contributed by atoms with E-state index in [4.69, 9.17) is 4.74 Å². The lowest BCUT2D eigenvalue weighted by Crippen LogP contribution is -2.47. The molecule has 110 valence electrons. The Bertz CT molecular complexity index is 667. The van der Waals surface area contributed by atoms with Gasteiger partial charge in [-0.15, -0.1) is 11.3 Å². The minimum absolute atomic E-state index is 0.0582. The van der Waals surface area contributed by atoms with E-state index in [0.29, 0.717) is 18.3 Å². The third kappa shape index (κ3) is 3.11. The fourth-order valence-corrected chi connectivity index (χ4v) is 3.25. The topological polar surface area (TPSA) is 42.4 Å². The molecule has 21 heavy (non-hydrogen) atoms. The van der Waals surface area contributed by atoms with Crippen LogP contribution in [0.15, 0.2) is 34.1 Å². The first-order valence-electron chi connectivity index (χ1n) is 6.60. The number of carbonyl (C=O) groups excluding carboxylic acids is 1. The maximum atomic E-state index is 11.9. The number of hydrogen-bond donors (Lipinski definition) is 0. The van der Waals surface area contributed by atoms with Crippen molar-refractivity contribution in [2.24, 2.45) is 5.41 Å². The zero-order chi connectivity index (χ0) is 15.0. The number of carbonyl (C=O) groups is 1. The first kappa shape index (κ1) is 14.5. The molecule has 1 amide bonds. The summed E-state index contributed by atoms with van der Waals surface area (Å²) in [4.78, 5) is 18.1. The largest absolute Gasteiger partial charge is 0.448 e. The fraction of sp³-hybridized carbons (Fsp3) is 0.333. The summed E-state index contributed by atoms with van der Waals surface area (Å²) >= 11 is 4.88. The summed E-state index contributed by atoms with van der Waals surface area (Å²) in [6.45, 7) is 5.23. The number of amides is 1. The molecule has 1 aliphatic heterocycles. The van der Waals surface area contributed by atoms with Crippen molar-refractivity contribution in [3.05, 3.63) is 34.1 Å². The van der Waals surface area contributed by atoms with E-state index in [9.17, 15) is 4.79 Å². The van der Waals surface area contributed by atoms with Gasteiger partial charge in [-0.2, -0.15) is 0 Å². The zero-order valence-corrected chi connectivity index (χ0v) is 14.2. The summed E-state index contributed by atoms with van der Waals surface area (Å²) in [5, 5.41) is 2.65. The van der Waals surface area contributed by atoms with E-state index in [1.54, 1.807) is 4.90 Å². The standard InChI is InChI=1S/C15H15BrN2O2S/c1-15(2)8-18(14(19)20-9-15)13-17-12(7-21-13)10-3-5-11(16)6-4-10/h3-7H,8-9H2,1-2H3. The molecule has 3 rings (SSSR count). The average Bonchev–Trinajstić information content (AvgIpc) is 2.92. The van der Waals surface area contributed by atoms with E-state index < -0.39 is 0 Å². The summed E-state index contributed by atoms with van der Waals surface area (Å²) < 4.78 is 6.27. The molecule has 2 heterocycles. The molecule has 0 radical (unpaired) electrons. The zero-order valence-electron chi connectivity index (χ0n) is 11.8. The number of ether oxygens (including phenoxy) is 1. The predicted molar refractivity (Wildman–Crippen MR) is 87.7 cm³/mol. The Balaban J connectivity index is 1.87. The number of aromatic nitrogens is 1. The van der Waals surface area contributed by atoms with Gasteiger partial charge in [-0.1, -0.05) is 41.9 Å². The third-order valence-electron chi connectivity index (χ3n) is 3.26. The average molecular weight is 367 g/mol. The second kappa shape index (κ2) is 5.42. The number of halogens is 1. The van der Waals surface area contributed by atoms with Gasteiger partial charge in [-0.05, 0) is 12.1 Å². The van der Waals surface area contributed by atoms with E-state index in [0.717, 1.165) is 15.7 Å². The Morgan fingerprint density at radius 3 is 2.76 bits per heavy atom. The monoisotopic (exact) mass is 366 g/mol. The first-order chi connectivity index (χ1) is 9.94. The van der Waals surface area contributed by atoms with Crippen LogP contribution >= 0.6 is 27.3 Å². The third-order valence-corrected chi connectivity index (χ3v) is 4.65. The van der Waals surface area contributed by atoms with Gasteiger partial charge in [0.1, 0.15) is 0 Å². The molecule has 0 aliphatic carbocycles. The van der Waals surface area contributed by atoms with E-state index >= 15 is 0 Å². The molecule has 6 heteroatoms. The van der Waals surface area contributed by atoms with E-state index in [-0.39, 0.29) is 11.5 Å². The van der Waals surface area contributed by atoms with Gasteiger partial charge >= 0.3 is 6.09 Å². The Labute approximate surface area is 135 Å². The van der Waals surface area contributed by atoms with Crippen LogP contribution in [0.1, 0.15) is 13.8 Å². The maximum absolute atomic E-state index is 11.9. The number of rotatable bonds is 2. The summed E-state index contributed by atoms with van der Waals surface area (Å²) in [5.41, 5.74) is 1.85. The van der Waals surface area contributed by atoms with Gasteiger partial charge in [0, 0.05) is 27.4 Å². The second-order valence-electron chi connectivity index (χ2n) is 5.83. The minimum Gasteiger partial charge on any atom is -0.448 e. The smallest absolute Gasteiger partial charge is 0.416 e. The molecular formula is C15H15BrN2O2S. The highest BCUT2D eigenvalue weighted by atomic mass is 79.9. The Kier molecular flexibility index (Phi) is 3.75. The van der Waals surface area contributed by atoms with Crippen LogP contribution in [0.5, 0.6) is 0 Å². The van der Waals surface area contributed by atoms with E-state index in [1.165, 1.54) is 11.3 Å². The summed E-state index contributed by atoms with van der Waals surface area (Å²) in [6, 6.07) is 7.96. The highest BCUT2D eigenvalue weighted by Gasteiger charge is 2.35. The molecule has 0 saturated carbocycles. The summed E-state index contributed by atoms with van der Waals surface area (Å²) in [7, 11) is 0. The van der Waals surface area contributed by atoms with Crippen LogP contribution in [-0.4, -0.2) is 24.2 Å². The Hall–Kier alpha value is -1.40. The van der Waals surface area contributed by atoms with Gasteiger partial charge in [0.05, 0.1) is 12.3 Å². The van der Waals surface area contributed by atoms with E-state index in [2.05, 4.69) is 34.8 Å². The molecule has 0 N–H and O–H groups in total. The van der Waals surface area contributed by atoms with Crippen LogP contribution in [0.25, 0.3) is 11.3 Å². The molecule has 2 aromatic rings. The molecule has 0 atom stereocenters. The summed E-state index contributed by atoms with van der Waals surface area (Å²) in [5.74, 6) is 0. The molecule has 1 aliphatic rings. The van der Waals surface area contributed by atoms with Crippen LogP contribution in [0.2, 0.25) is 0 Å². The molecular weight excluding hydrogens is 352 g/mol. The van der Waals surface area contributed by atoms with Crippen LogP contribution in [-0.2, 0) is 4.74 Å². The quantitative estimate of drug-likeness (QED) is 0.782. The van der Waals surface area contributed by atoms with Gasteiger partial charge in [0.25, 0.3) is 0 Å². The van der Waals surface area contributed by atoms with Crippen molar-refractivity contribution in [2.45, 2.75) is 13.8 Å². The van der Waals surface area contributed by atoms with Gasteiger partial charge in [0.2, 0.25) is 0 Å². The number of benzene rings is 1. The minimum atomic E-state index is -0.314. The Morgan fingerprint density at radius 2 is 2.05 bits per heavy atom. The molecule has 4 nitrogen and oxygen atoms in total. The predicted octanol–water partition coefficient (Wildman–Crippen LogP) is 4.56. The number of anilines is 1. The van der Waals surface area contributed by atoms with Crippen molar-refractivity contribution in [1.29, 1.82) is 0 Å². The second-order valence-corrected chi connectivity index (χ2v) is 7.58. The maximum Gasteiger partial charge on any atom is 0.416 e. The molecule has 1 fully saturated rings. The highest BCUT2D eigenvalue weighted by molar-refractivity contribution is 9.10. The molecule has 1 aromatic heterocycles. The SMILES string of the molecule is CC1(C)COC(=O)N(c2nc(-c3ccc(Br)cc3)cs2)C1. The van der Waals surface area contributed by atoms with Gasteiger partial charge in [-0.25, -0.2) is 9.78 Å². The normalized spacial score (nSPS) is 17.7. The van der Waals surface area contributed by atoms with Crippen molar-refractivity contribution in [3.63, 3.8) is 0 Å². The molecule has 0 unspecified atom stereocenters. The van der Waals surface area contributed by atoms with Crippen molar-refractivity contribution >= 4 is 38.5 Å². The molecule has 0 bridgehead atoms. The van der Waals surface area contributed by atoms with Crippen molar-refractivity contribution in [2.75, 3.05) is 18.1 Å². The van der Waals surface area contributed by atoms with Crippen LogP contribution < -0.4 is 4.90 Å². The van der Waals surface area contributed by atoms with Gasteiger partial charge in [0.15, 0.2) is 5.13 Å². The van der Waals surface area contributed by atoms with Crippen molar-refractivity contribution < 1.29 is 9.53 Å². The number of cyclic esters (lactones) is 1. The molecule has 1 saturated heterocycles. The van der Waals surface area contributed by atoms with Gasteiger partial charge < -0.3 is 4.74 Å². The van der Waals surface area contributed by atoms with E-state index in [1.807, 2.05) is 29.6 Å². The number of thiazole rings is 1. The fourth-order valence-electron chi connectivity index (χ4n) is 2.16. The van der Waals surface area contributed by atoms with Crippen LogP contribution in [0.4, 0.5) is 9.93 Å². The first-order valence-corrected chi connectivity index (χ1v) is 8.28. The van der Waals surface area contributed by atoms with Crippen molar-refractivity contribution in [3.8, 4) is 11.3 Å². The lowest BCUT2D eigenvalue weighted by molar-refractivity contribution is 0.0822. The lowest BCUT2D eigenvalue weighted by Gasteiger charge is -2.35. The highest BCUT2D eigenvalue weighted by Crippen LogP contribution is 2.32. The number of hydrogen-bond acceptors (Lipinski definition) is 4. The van der Waals surface area contributed by atoms with Crippen LogP contribution in [0.3, 0.4) is 0 Å².